The molecule has 3 N–H and O–H groups in total. The van der Waals surface area contributed by atoms with Gasteiger partial charge in [-0.25, -0.2) is 0 Å². The molecule has 1 fully saturated rings. The third kappa shape index (κ3) is 2.50. The SMILES string of the molecule is CC1CCC(CNc2ccc(N)c3cnccc23)C1. The first kappa shape index (κ1) is 12.3. The quantitative estimate of drug-likeness (QED) is 0.823. The van der Waals surface area contributed by atoms with E-state index < -0.39 is 0 Å². The molecule has 2 aromatic rings. The largest absolute Gasteiger partial charge is 0.398 e. The molecule has 1 aliphatic carbocycles. The van der Waals surface area contributed by atoms with Crippen molar-refractivity contribution in [1.29, 1.82) is 0 Å². The second kappa shape index (κ2) is 5.08. The van der Waals surface area contributed by atoms with Crippen molar-refractivity contribution in [1.82, 2.24) is 4.98 Å². The van der Waals surface area contributed by atoms with Gasteiger partial charge in [0.1, 0.15) is 0 Å². The van der Waals surface area contributed by atoms with Crippen LogP contribution in [-0.2, 0) is 0 Å². The molecule has 0 radical (unpaired) electrons. The minimum absolute atomic E-state index is 0.795. The van der Waals surface area contributed by atoms with Crippen LogP contribution in [0.1, 0.15) is 26.2 Å². The maximum absolute atomic E-state index is 5.99. The van der Waals surface area contributed by atoms with Gasteiger partial charge in [-0.2, -0.15) is 0 Å². The molecular formula is C16H21N3. The molecule has 1 aliphatic rings. The summed E-state index contributed by atoms with van der Waals surface area (Å²) >= 11 is 0. The van der Waals surface area contributed by atoms with E-state index in [0.717, 1.165) is 29.5 Å². The number of fused-ring (bicyclic) bond motifs is 1. The highest BCUT2D eigenvalue weighted by atomic mass is 14.9. The van der Waals surface area contributed by atoms with Crippen molar-refractivity contribution in [2.75, 3.05) is 17.6 Å². The van der Waals surface area contributed by atoms with Gasteiger partial charge in [-0.05, 0) is 42.9 Å². The first-order valence-corrected chi connectivity index (χ1v) is 7.10. The number of aromatic nitrogens is 1. The Bertz CT molecular complexity index is 579. The third-order valence-electron chi connectivity index (χ3n) is 4.24. The van der Waals surface area contributed by atoms with Gasteiger partial charge < -0.3 is 11.1 Å². The highest BCUT2D eigenvalue weighted by Crippen LogP contribution is 2.32. The summed E-state index contributed by atoms with van der Waals surface area (Å²) in [4.78, 5) is 4.15. The number of anilines is 2. The van der Waals surface area contributed by atoms with E-state index in [1.165, 1.54) is 30.3 Å². The molecule has 0 amide bonds. The molecule has 100 valence electrons. The van der Waals surface area contributed by atoms with Crippen molar-refractivity contribution in [3.63, 3.8) is 0 Å². The van der Waals surface area contributed by atoms with Gasteiger partial charge in [-0.1, -0.05) is 13.3 Å². The van der Waals surface area contributed by atoms with Crippen LogP contribution >= 0.6 is 0 Å². The fourth-order valence-electron chi connectivity index (χ4n) is 3.13. The predicted octanol–water partition coefficient (Wildman–Crippen LogP) is 3.67. The maximum Gasteiger partial charge on any atom is 0.0422 e. The van der Waals surface area contributed by atoms with E-state index in [0.29, 0.717) is 0 Å². The van der Waals surface area contributed by atoms with Crippen molar-refractivity contribution in [2.24, 2.45) is 11.8 Å². The molecular weight excluding hydrogens is 234 g/mol. The van der Waals surface area contributed by atoms with Crippen molar-refractivity contribution in [2.45, 2.75) is 26.2 Å². The Hall–Kier alpha value is -1.77. The van der Waals surface area contributed by atoms with Crippen LogP contribution in [-0.4, -0.2) is 11.5 Å². The lowest BCUT2D eigenvalue weighted by molar-refractivity contribution is 0.537. The van der Waals surface area contributed by atoms with Crippen LogP contribution in [0, 0.1) is 11.8 Å². The third-order valence-corrected chi connectivity index (χ3v) is 4.24. The summed E-state index contributed by atoms with van der Waals surface area (Å²) in [5, 5.41) is 5.80. The van der Waals surface area contributed by atoms with E-state index in [4.69, 9.17) is 5.73 Å². The molecule has 2 atom stereocenters. The number of rotatable bonds is 3. The summed E-state index contributed by atoms with van der Waals surface area (Å²) in [6.07, 6.45) is 7.74. The molecule has 0 bridgehead atoms. The fourth-order valence-corrected chi connectivity index (χ4v) is 3.13. The van der Waals surface area contributed by atoms with Crippen LogP contribution < -0.4 is 11.1 Å². The lowest BCUT2D eigenvalue weighted by Crippen LogP contribution is -2.11. The Morgan fingerprint density at radius 2 is 2.16 bits per heavy atom. The van der Waals surface area contributed by atoms with E-state index >= 15 is 0 Å². The number of nitrogens with zero attached hydrogens (tertiary/aromatic N) is 1. The zero-order valence-electron chi connectivity index (χ0n) is 11.4. The van der Waals surface area contributed by atoms with Crippen LogP contribution in [0.15, 0.2) is 30.6 Å². The summed E-state index contributed by atoms with van der Waals surface area (Å²) in [5.74, 6) is 1.70. The Morgan fingerprint density at radius 3 is 2.95 bits per heavy atom. The average molecular weight is 255 g/mol. The van der Waals surface area contributed by atoms with E-state index in [2.05, 4.69) is 23.3 Å². The number of hydrogen-bond donors (Lipinski definition) is 2. The van der Waals surface area contributed by atoms with Gasteiger partial charge in [-0.3, -0.25) is 4.98 Å². The molecule has 1 saturated carbocycles. The van der Waals surface area contributed by atoms with Gasteiger partial charge in [0, 0.05) is 41.1 Å². The molecule has 1 aromatic heterocycles. The van der Waals surface area contributed by atoms with Gasteiger partial charge in [0.25, 0.3) is 0 Å². The van der Waals surface area contributed by atoms with Crippen LogP contribution in [0.5, 0.6) is 0 Å². The fraction of sp³-hybridized carbons (Fsp3) is 0.438. The second-order valence-electron chi connectivity index (χ2n) is 5.79. The monoisotopic (exact) mass is 255 g/mol. The van der Waals surface area contributed by atoms with E-state index in [1.54, 1.807) is 0 Å². The normalized spacial score (nSPS) is 22.8. The molecule has 0 aliphatic heterocycles. The van der Waals surface area contributed by atoms with Gasteiger partial charge in [0.15, 0.2) is 0 Å². The number of nitrogen functional groups attached to an aromatic ring is 1. The van der Waals surface area contributed by atoms with Gasteiger partial charge in [-0.15, -0.1) is 0 Å². The number of hydrogen-bond acceptors (Lipinski definition) is 3. The zero-order chi connectivity index (χ0) is 13.2. The average Bonchev–Trinajstić information content (AvgIpc) is 2.84. The van der Waals surface area contributed by atoms with Crippen LogP contribution in [0.2, 0.25) is 0 Å². The lowest BCUT2D eigenvalue weighted by atomic mass is 10.1. The first-order chi connectivity index (χ1) is 9.24. The standard InChI is InChI=1S/C16H21N3/c1-11-2-3-12(8-11)9-19-16-5-4-15(17)14-10-18-7-6-13(14)16/h4-7,10-12,19H,2-3,8-9,17H2,1H3. The molecule has 3 rings (SSSR count). The van der Waals surface area contributed by atoms with Crippen molar-refractivity contribution in [3.8, 4) is 0 Å². The van der Waals surface area contributed by atoms with E-state index in [-0.39, 0.29) is 0 Å². The molecule has 1 aromatic carbocycles. The zero-order valence-corrected chi connectivity index (χ0v) is 11.4. The Morgan fingerprint density at radius 1 is 1.26 bits per heavy atom. The van der Waals surface area contributed by atoms with Gasteiger partial charge in [0.05, 0.1) is 0 Å². The Balaban J connectivity index is 1.79. The number of nitrogens with one attached hydrogen (secondary N) is 1. The van der Waals surface area contributed by atoms with E-state index in [9.17, 15) is 0 Å². The Labute approximate surface area is 114 Å². The topological polar surface area (TPSA) is 50.9 Å². The number of pyridine rings is 1. The second-order valence-corrected chi connectivity index (χ2v) is 5.79. The minimum Gasteiger partial charge on any atom is -0.398 e. The lowest BCUT2D eigenvalue weighted by Gasteiger charge is -2.14. The van der Waals surface area contributed by atoms with Crippen LogP contribution in [0.4, 0.5) is 11.4 Å². The van der Waals surface area contributed by atoms with Gasteiger partial charge >= 0.3 is 0 Å². The minimum atomic E-state index is 0.795. The summed E-state index contributed by atoms with van der Waals surface area (Å²) in [5.41, 5.74) is 7.96. The Kier molecular flexibility index (Phi) is 3.28. The maximum atomic E-state index is 5.99. The molecule has 2 unspecified atom stereocenters. The summed E-state index contributed by atoms with van der Waals surface area (Å²) in [6.45, 7) is 3.41. The summed E-state index contributed by atoms with van der Waals surface area (Å²) < 4.78 is 0. The smallest absolute Gasteiger partial charge is 0.0422 e. The predicted molar refractivity (Wildman–Crippen MR) is 81.2 cm³/mol. The molecule has 0 saturated heterocycles. The van der Waals surface area contributed by atoms with Crippen molar-refractivity contribution >= 4 is 22.1 Å². The van der Waals surface area contributed by atoms with Crippen LogP contribution in [0.3, 0.4) is 0 Å². The number of benzene rings is 1. The van der Waals surface area contributed by atoms with Gasteiger partial charge in [0.2, 0.25) is 0 Å². The highest BCUT2D eigenvalue weighted by molar-refractivity contribution is 6.00. The molecule has 3 heteroatoms. The van der Waals surface area contributed by atoms with Crippen molar-refractivity contribution < 1.29 is 0 Å². The van der Waals surface area contributed by atoms with E-state index in [1.807, 2.05) is 24.5 Å². The summed E-state index contributed by atoms with van der Waals surface area (Å²) in [6, 6.07) is 6.07. The molecule has 3 nitrogen and oxygen atoms in total. The summed E-state index contributed by atoms with van der Waals surface area (Å²) in [7, 11) is 0. The molecule has 19 heavy (non-hydrogen) atoms. The van der Waals surface area contributed by atoms with Crippen molar-refractivity contribution in [3.05, 3.63) is 30.6 Å². The first-order valence-electron chi connectivity index (χ1n) is 7.10. The molecule has 1 heterocycles. The number of nitrogens with two attached hydrogens (primary N) is 1. The highest BCUT2D eigenvalue weighted by Gasteiger charge is 2.20. The molecule has 0 spiro atoms. The van der Waals surface area contributed by atoms with Crippen LogP contribution in [0.25, 0.3) is 10.8 Å².